The molecule has 0 bridgehead atoms. The average Bonchev–Trinajstić information content (AvgIpc) is 3.11. The first-order valence-electron chi connectivity index (χ1n) is 11.6. The van der Waals surface area contributed by atoms with Gasteiger partial charge in [-0.2, -0.15) is 9.78 Å². The minimum atomic E-state index is -4.65. The maximum Gasteiger partial charge on any atom is 0.530 e. The van der Waals surface area contributed by atoms with E-state index in [9.17, 15) is 33.6 Å². The van der Waals surface area contributed by atoms with Crippen LogP contribution in [0.1, 0.15) is 27.0 Å². The number of aromatic nitrogens is 3. The largest absolute Gasteiger partial charge is 0.530 e. The summed E-state index contributed by atoms with van der Waals surface area (Å²) in [5, 5.41) is 25.5. The number of aliphatic hydroxyl groups excluding tert-OH is 1. The number of hydrogen-bond acceptors (Lipinski definition) is 12. The summed E-state index contributed by atoms with van der Waals surface area (Å²) in [6, 6.07) is 7.68. The third-order valence-corrected chi connectivity index (χ3v) is 6.60. The number of halogens is 1. The molecule has 0 amide bonds. The van der Waals surface area contributed by atoms with Crippen molar-refractivity contribution in [3.05, 3.63) is 57.4 Å². The van der Waals surface area contributed by atoms with Gasteiger partial charge in [-0.15, -0.1) is 0 Å². The molecule has 16 heteroatoms. The van der Waals surface area contributed by atoms with E-state index in [2.05, 4.69) is 11.0 Å². The number of esters is 1. The van der Waals surface area contributed by atoms with Gasteiger partial charge in [0.2, 0.25) is 5.60 Å². The highest BCUT2D eigenvalue weighted by atomic mass is 31.2. The van der Waals surface area contributed by atoms with Gasteiger partial charge in [-0.25, -0.2) is 18.5 Å². The van der Waals surface area contributed by atoms with Crippen LogP contribution in [0.5, 0.6) is 5.75 Å². The average molecular weight is 571 g/mol. The molecule has 6 atom stereocenters. The Morgan fingerprint density at radius 1 is 1.31 bits per heavy atom. The van der Waals surface area contributed by atoms with Crippen molar-refractivity contribution < 1.29 is 47.0 Å². The van der Waals surface area contributed by atoms with Crippen LogP contribution in [0.15, 0.2) is 46.1 Å². The van der Waals surface area contributed by atoms with Gasteiger partial charge in [0.15, 0.2) is 12.3 Å². The van der Waals surface area contributed by atoms with Crippen LogP contribution in [0.3, 0.4) is 0 Å². The van der Waals surface area contributed by atoms with E-state index >= 15 is 0 Å². The molecule has 1 fully saturated rings. The lowest BCUT2D eigenvalue weighted by Crippen LogP contribution is -2.49. The van der Waals surface area contributed by atoms with Crippen LogP contribution < -0.4 is 15.8 Å². The Morgan fingerprint density at radius 3 is 2.62 bits per heavy atom. The van der Waals surface area contributed by atoms with Crippen LogP contribution in [0.4, 0.5) is 4.39 Å². The number of benzene rings is 1. The molecule has 1 aromatic carbocycles. The van der Waals surface area contributed by atoms with Gasteiger partial charge in [0.05, 0.1) is 12.7 Å². The Morgan fingerprint density at radius 2 is 2.00 bits per heavy atom. The number of rotatable bonds is 10. The molecule has 1 aromatic heterocycles. The number of para-hydroxylation sites is 1. The van der Waals surface area contributed by atoms with E-state index in [4.69, 9.17) is 23.0 Å². The van der Waals surface area contributed by atoms with Crippen molar-refractivity contribution in [3.63, 3.8) is 0 Å². The molecule has 0 spiro atoms. The van der Waals surface area contributed by atoms with Crippen molar-refractivity contribution in [2.24, 2.45) is 0 Å². The van der Waals surface area contributed by atoms with Gasteiger partial charge >= 0.3 is 19.5 Å². The molecule has 3 rings (SSSR count). The minimum Gasteiger partial charge on any atom is -0.461 e. The van der Waals surface area contributed by atoms with Gasteiger partial charge in [0.1, 0.15) is 30.8 Å². The number of ether oxygens (including phenoxy) is 2. The monoisotopic (exact) mass is 571 g/mol. The van der Waals surface area contributed by atoms with Crippen molar-refractivity contribution >= 4 is 13.8 Å². The van der Waals surface area contributed by atoms with Gasteiger partial charge in [0, 0.05) is 0 Å². The topological polar surface area (TPSA) is 188 Å². The van der Waals surface area contributed by atoms with E-state index < -0.39 is 74.6 Å². The predicted octanol–water partition coefficient (Wildman–Crippen LogP) is 0.454. The molecule has 1 saturated heterocycles. The van der Waals surface area contributed by atoms with E-state index in [0.717, 1.165) is 0 Å². The third-order valence-electron chi connectivity index (χ3n) is 5.13. The molecule has 0 aliphatic carbocycles. The van der Waals surface area contributed by atoms with Crippen LogP contribution in [-0.4, -0.2) is 74.2 Å². The van der Waals surface area contributed by atoms with E-state index in [-0.39, 0.29) is 5.75 Å². The molecule has 1 aliphatic heterocycles. The Kier molecular flexibility index (Phi) is 9.78. The van der Waals surface area contributed by atoms with Gasteiger partial charge in [-0.3, -0.25) is 18.8 Å². The molecule has 0 radical (unpaired) electrons. The number of nitrogens with zero attached hydrogens (tertiary/aromatic N) is 2. The summed E-state index contributed by atoms with van der Waals surface area (Å²) in [4.78, 5) is 37.8. The van der Waals surface area contributed by atoms with Gasteiger partial charge in [0.25, 0.3) is 5.56 Å². The van der Waals surface area contributed by atoms with E-state index in [1.165, 1.54) is 19.1 Å². The minimum absolute atomic E-state index is 0.0466. The number of hydrogen-bond donors (Lipinski definition) is 3. The summed E-state index contributed by atoms with van der Waals surface area (Å²) in [6.45, 7) is 2.45. The number of H-pyrrole nitrogens is 1. The number of carbonyl (C=O) groups excluding carboxylic acids is 1. The second-order valence-electron chi connectivity index (χ2n) is 8.50. The van der Waals surface area contributed by atoms with Gasteiger partial charge in [-0.1, -0.05) is 30.0 Å². The molecule has 2 aromatic rings. The summed E-state index contributed by atoms with van der Waals surface area (Å²) in [5.41, 5.74) is -4.59. The maximum absolute atomic E-state index is 13.6. The number of phosphoric ester groups is 1. The quantitative estimate of drug-likeness (QED) is 0.203. The highest BCUT2D eigenvalue weighted by Gasteiger charge is 2.57. The molecule has 1 unspecified atom stereocenters. The number of alkyl halides is 1. The predicted molar refractivity (Wildman–Crippen MR) is 130 cm³/mol. The van der Waals surface area contributed by atoms with E-state index in [1.807, 2.05) is 10.9 Å². The zero-order valence-electron chi connectivity index (χ0n) is 21.1. The fourth-order valence-electron chi connectivity index (χ4n) is 3.41. The van der Waals surface area contributed by atoms with Crippen LogP contribution in [-0.2, 0) is 27.9 Å². The fraction of sp³-hybridized carbons (Fsp3) is 0.478. The first-order valence-corrected chi connectivity index (χ1v) is 13.0. The smallest absolute Gasteiger partial charge is 0.461 e. The highest BCUT2D eigenvalue weighted by Crippen LogP contribution is 2.51. The second-order valence-corrected chi connectivity index (χ2v) is 10.0. The summed E-state index contributed by atoms with van der Waals surface area (Å²) in [6.07, 6.45) is -6.59. The molecule has 212 valence electrons. The molecule has 2 heterocycles. The lowest BCUT2D eigenvalue weighted by molar-refractivity contribution is -0.156. The highest BCUT2D eigenvalue weighted by molar-refractivity contribution is 7.49. The van der Waals surface area contributed by atoms with Crippen molar-refractivity contribution in [1.82, 2.24) is 14.8 Å². The zero-order valence-corrected chi connectivity index (χ0v) is 21.9. The van der Waals surface area contributed by atoms with Crippen LogP contribution in [0, 0.1) is 11.8 Å². The number of nitrogens with one attached hydrogen (secondary N) is 1. The molecule has 3 N–H and O–H groups in total. The van der Waals surface area contributed by atoms with Crippen molar-refractivity contribution in [1.29, 1.82) is 0 Å². The lowest BCUT2D eigenvalue weighted by atomic mass is 9.95. The lowest BCUT2D eigenvalue weighted by Gasteiger charge is -2.25. The summed E-state index contributed by atoms with van der Waals surface area (Å²) < 4.78 is 53.5. The molecular formula is C23H27FN3O11P. The normalized spacial score (nSPS) is 24.8. The van der Waals surface area contributed by atoms with Crippen LogP contribution in [0.2, 0.25) is 0 Å². The van der Waals surface area contributed by atoms with Crippen LogP contribution in [0.25, 0.3) is 0 Å². The second kappa shape index (κ2) is 12.6. The third kappa shape index (κ3) is 7.39. The van der Waals surface area contributed by atoms with Crippen molar-refractivity contribution in [3.8, 4) is 17.6 Å². The molecule has 0 saturated carbocycles. The first-order chi connectivity index (χ1) is 18.4. The van der Waals surface area contributed by atoms with E-state index in [1.54, 1.807) is 32.0 Å². The maximum atomic E-state index is 13.6. The fourth-order valence-corrected chi connectivity index (χ4v) is 4.75. The van der Waals surface area contributed by atoms with Crippen molar-refractivity contribution in [2.45, 2.75) is 57.0 Å². The number of carbonyl (C=O) groups is 1. The summed E-state index contributed by atoms with van der Waals surface area (Å²) >= 11 is 0. The van der Waals surface area contributed by atoms with Gasteiger partial charge in [-0.05, 0) is 32.9 Å². The SMILES string of the molecule is CC(C)OC(=O)[C@H](C)OP(=O)(OC[C@H]1O[C@@H](n2ncc(=O)[nH]c2=O)[C@@](O)(C#CCF)[C@H]1O)Oc1ccccc1. The Hall–Kier alpha value is -3.38. The number of aromatic amines is 1. The molecule has 39 heavy (non-hydrogen) atoms. The molecule has 1 aliphatic rings. The summed E-state index contributed by atoms with van der Waals surface area (Å²) in [7, 11) is -4.65. The zero-order chi connectivity index (χ0) is 28.8. The van der Waals surface area contributed by atoms with E-state index in [0.29, 0.717) is 10.9 Å². The Bertz CT molecular complexity index is 1370. The number of phosphoric acid groups is 1. The molecule has 14 nitrogen and oxygen atoms in total. The Balaban J connectivity index is 1.88. The number of aliphatic hydroxyl groups is 2. The Labute approximate surface area is 221 Å². The standard InChI is InChI=1S/C23H27FN3O11P/c1-14(2)35-20(30)15(3)37-39(33,38-16-8-5-4-6-9-16)34-13-17-19(29)23(32,10-7-11-24)21(36-17)27-22(31)26-18(28)12-25-27/h4-6,8-9,12,14-15,17,19,21,29,32H,11,13H2,1-3H3,(H,26,28,31)/t15-,17+,19-,21+,23+,39?/m0/s1. The van der Waals surface area contributed by atoms with Gasteiger partial charge < -0.3 is 24.2 Å². The first kappa shape index (κ1) is 30.2. The molecular weight excluding hydrogens is 544 g/mol. The van der Waals surface area contributed by atoms with Crippen molar-refractivity contribution in [2.75, 3.05) is 13.3 Å². The van der Waals surface area contributed by atoms with Crippen LogP contribution >= 0.6 is 7.82 Å². The summed E-state index contributed by atoms with van der Waals surface area (Å²) in [5.74, 6) is 3.24.